The number of likely N-dealkylation sites (tertiary alicyclic amines) is 1. The van der Waals surface area contributed by atoms with Crippen LogP contribution in [0.5, 0.6) is 0 Å². The highest BCUT2D eigenvalue weighted by Gasteiger charge is 2.16. The van der Waals surface area contributed by atoms with Crippen LogP contribution in [0.15, 0.2) is 60.9 Å². The predicted octanol–water partition coefficient (Wildman–Crippen LogP) is 4.68. The molecule has 2 aromatic carbocycles. The number of nitrogens with zero attached hydrogens (tertiary/aromatic N) is 3. The average Bonchev–Trinajstić information content (AvgIpc) is 3.27. The number of pyridine rings is 1. The third-order valence-corrected chi connectivity index (χ3v) is 6.10. The summed E-state index contributed by atoms with van der Waals surface area (Å²) in [7, 11) is 0. The summed E-state index contributed by atoms with van der Waals surface area (Å²) in [6.07, 6.45) is 7.62. The van der Waals surface area contributed by atoms with Crippen molar-refractivity contribution in [2.24, 2.45) is 0 Å². The molecule has 7 heteroatoms. The fourth-order valence-corrected chi connectivity index (χ4v) is 4.39. The molecule has 1 aliphatic heterocycles. The van der Waals surface area contributed by atoms with Crippen LogP contribution in [0.2, 0.25) is 0 Å². The van der Waals surface area contributed by atoms with E-state index in [9.17, 15) is 9.18 Å². The molecule has 0 unspecified atom stereocenters. The smallest absolute Gasteiger partial charge is 0.272 e. The van der Waals surface area contributed by atoms with Crippen LogP contribution in [-0.2, 0) is 13.1 Å². The number of halogens is 1. The van der Waals surface area contributed by atoms with Gasteiger partial charge in [-0.2, -0.15) is 5.10 Å². The van der Waals surface area contributed by atoms with Crippen molar-refractivity contribution in [1.82, 2.24) is 25.4 Å². The Labute approximate surface area is 191 Å². The van der Waals surface area contributed by atoms with E-state index in [-0.39, 0.29) is 18.3 Å². The highest BCUT2D eigenvalue weighted by atomic mass is 19.1. The number of carbonyl (C=O) groups is 1. The molecule has 0 spiro atoms. The molecule has 2 aromatic heterocycles. The molecule has 1 fully saturated rings. The van der Waals surface area contributed by atoms with Crippen molar-refractivity contribution >= 4 is 16.8 Å². The lowest BCUT2D eigenvalue weighted by Gasteiger charge is -2.26. The van der Waals surface area contributed by atoms with Crippen LogP contribution < -0.4 is 5.32 Å². The molecule has 1 amide bonds. The third-order valence-electron chi connectivity index (χ3n) is 6.10. The molecule has 0 saturated carbocycles. The largest absolute Gasteiger partial charge is 0.347 e. The minimum absolute atomic E-state index is 0.229. The van der Waals surface area contributed by atoms with Gasteiger partial charge in [0, 0.05) is 36.4 Å². The number of rotatable bonds is 6. The summed E-state index contributed by atoms with van der Waals surface area (Å²) in [5, 5.41) is 10.7. The van der Waals surface area contributed by atoms with E-state index in [1.165, 1.54) is 37.0 Å². The van der Waals surface area contributed by atoms with Crippen molar-refractivity contribution in [3.8, 4) is 11.1 Å². The van der Waals surface area contributed by atoms with Crippen LogP contribution >= 0.6 is 0 Å². The molecular formula is C26H26FN5O. The first-order chi connectivity index (χ1) is 16.2. The first kappa shape index (κ1) is 21.3. The lowest BCUT2D eigenvalue weighted by molar-refractivity contribution is 0.0947. The van der Waals surface area contributed by atoms with Gasteiger partial charge in [-0.1, -0.05) is 24.6 Å². The zero-order valence-corrected chi connectivity index (χ0v) is 18.4. The maximum atomic E-state index is 13.4. The number of aromatic nitrogens is 3. The zero-order chi connectivity index (χ0) is 22.6. The van der Waals surface area contributed by atoms with Crippen molar-refractivity contribution in [3.05, 3.63) is 83.6 Å². The van der Waals surface area contributed by atoms with E-state index in [4.69, 9.17) is 0 Å². The summed E-state index contributed by atoms with van der Waals surface area (Å²) in [6, 6.07) is 14.3. The molecule has 2 N–H and O–H groups in total. The Morgan fingerprint density at radius 1 is 1.00 bits per heavy atom. The molecule has 3 heterocycles. The van der Waals surface area contributed by atoms with Crippen LogP contribution in [0.4, 0.5) is 4.39 Å². The van der Waals surface area contributed by atoms with Gasteiger partial charge in [-0.05, 0) is 73.0 Å². The van der Waals surface area contributed by atoms with Gasteiger partial charge in [0.05, 0.1) is 5.52 Å². The Morgan fingerprint density at radius 2 is 1.88 bits per heavy atom. The van der Waals surface area contributed by atoms with Crippen molar-refractivity contribution in [2.45, 2.75) is 32.4 Å². The van der Waals surface area contributed by atoms with Crippen LogP contribution in [0.1, 0.15) is 40.9 Å². The minimum atomic E-state index is -0.326. The monoisotopic (exact) mass is 443 g/mol. The summed E-state index contributed by atoms with van der Waals surface area (Å²) >= 11 is 0. The average molecular weight is 444 g/mol. The second kappa shape index (κ2) is 9.50. The van der Waals surface area contributed by atoms with Crippen LogP contribution in [0, 0.1) is 5.82 Å². The van der Waals surface area contributed by atoms with Crippen LogP contribution in [-0.4, -0.2) is 39.1 Å². The summed E-state index contributed by atoms with van der Waals surface area (Å²) in [4.78, 5) is 19.7. The molecule has 5 rings (SSSR count). The molecule has 168 valence electrons. The molecule has 0 aliphatic carbocycles. The first-order valence-corrected chi connectivity index (χ1v) is 11.3. The van der Waals surface area contributed by atoms with Gasteiger partial charge in [-0.25, -0.2) is 4.39 Å². The van der Waals surface area contributed by atoms with E-state index in [0.717, 1.165) is 41.7 Å². The fourth-order valence-electron chi connectivity index (χ4n) is 4.39. The van der Waals surface area contributed by atoms with Gasteiger partial charge < -0.3 is 5.32 Å². The molecule has 0 bridgehead atoms. The lowest BCUT2D eigenvalue weighted by atomic mass is 10.0. The van der Waals surface area contributed by atoms with E-state index in [1.54, 1.807) is 12.1 Å². The number of hydrogen-bond donors (Lipinski definition) is 2. The predicted molar refractivity (Wildman–Crippen MR) is 126 cm³/mol. The number of nitrogens with one attached hydrogen (secondary N) is 2. The van der Waals surface area contributed by atoms with Crippen LogP contribution in [0.25, 0.3) is 22.0 Å². The van der Waals surface area contributed by atoms with Crippen molar-refractivity contribution in [3.63, 3.8) is 0 Å². The quantitative estimate of drug-likeness (QED) is 0.454. The Kier molecular flexibility index (Phi) is 6.13. The van der Waals surface area contributed by atoms with Gasteiger partial charge in [-0.15, -0.1) is 0 Å². The summed E-state index contributed by atoms with van der Waals surface area (Å²) in [6.45, 7) is 3.41. The number of carbonyl (C=O) groups excluding carboxylic acids is 1. The first-order valence-electron chi connectivity index (χ1n) is 11.3. The Balaban J connectivity index is 1.35. The van der Waals surface area contributed by atoms with Gasteiger partial charge in [-0.3, -0.25) is 19.8 Å². The van der Waals surface area contributed by atoms with E-state index < -0.39 is 0 Å². The fraction of sp³-hybridized carbons (Fsp3) is 0.269. The highest BCUT2D eigenvalue weighted by molar-refractivity contribution is 6.05. The summed E-state index contributed by atoms with van der Waals surface area (Å²) in [5.41, 5.74) is 4.98. The van der Waals surface area contributed by atoms with E-state index in [0.29, 0.717) is 11.3 Å². The van der Waals surface area contributed by atoms with E-state index in [1.807, 2.05) is 30.6 Å². The third kappa shape index (κ3) is 4.93. The second-order valence-corrected chi connectivity index (χ2v) is 8.56. The molecule has 0 radical (unpaired) electrons. The van der Waals surface area contributed by atoms with Gasteiger partial charge in [0.25, 0.3) is 5.91 Å². The number of H-pyrrole nitrogens is 1. The molecule has 0 atom stereocenters. The number of benzene rings is 2. The minimum Gasteiger partial charge on any atom is -0.347 e. The molecule has 6 nitrogen and oxygen atoms in total. The molecule has 1 aliphatic rings. The van der Waals surface area contributed by atoms with Crippen LogP contribution in [0.3, 0.4) is 0 Å². The van der Waals surface area contributed by atoms with Gasteiger partial charge in [0.2, 0.25) is 0 Å². The van der Waals surface area contributed by atoms with Crippen molar-refractivity contribution in [1.29, 1.82) is 0 Å². The zero-order valence-electron chi connectivity index (χ0n) is 18.4. The highest BCUT2D eigenvalue weighted by Crippen LogP contribution is 2.26. The molecule has 4 aromatic rings. The number of fused-ring (bicyclic) bond motifs is 1. The Hall–Kier alpha value is -3.58. The van der Waals surface area contributed by atoms with Crippen molar-refractivity contribution < 1.29 is 9.18 Å². The summed E-state index contributed by atoms with van der Waals surface area (Å²) in [5.74, 6) is -0.632. The standard InChI is InChI=1S/C26H26FN5O/c27-22-6-4-5-18(12-22)15-29-26(33)25-23-13-20(7-8-24(23)30-31-25)21-11-19(14-28-16-21)17-32-9-2-1-3-10-32/h4-8,11-14,16H,1-3,9-10,15,17H2,(H,29,33)(H,30,31). The van der Waals surface area contributed by atoms with Crippen molar-refractivity contribution in [2.75, 3.05) is 13.1 Å². The second-order valence-electron chi connectivity index (χ2n) is 8.56. The normalized spacial score (nSPS) is 14.5. The van der Waals surface area contributed by atoms with E-state index >= 15 is 0 Å². The number of aromatic amines is 1. The lowest BCUT2D eigenvalue weighted by Crippen LogP contribution is -2.29. The summed E-state index contributed by atoms with van der Waals surface area (Å²) < 4.78 is 13.4. The maximum Gasteiger partial charge on any atom is 0.272 e. The molecule has 33 heavy (non-hydrogen) atoms. The Bertz CT molecular complexity index is 1280. The van der Waals surface area contributed by atoms with Gasteiger partial charge in [0.15, 0.2) is 5.69 Å². The number of hydrogen-bond acceptors (Lipinski definition) is 4. The number of piperidine rings is 1. The maximum absolute atomic E-state index is 13.4. The number of amides is 1. The molecular weight excluding hydrogens is 417 g/mol. The Morgan fingerprint density at radius 3 is 2.73 bits per heavy atom. The van der Waals surface area contributed by atoms with E-state index in [2.05, 4.69) is 31.5 Å². The topological polar surface area (TPSA) is 73.9 Å². The van der Waals surface area contributed by atoms with Gasteiger partial charge in [0.1, 0.15) is 5.82 Å². The van der Waals surface area contributed by atoms with Gasteiger partial charge >= 0.3 is 0 Å². The molecule has 1 saturated heterocycles. The SMILES string of the molecule is O=C(NCc1cccc(F)c1)c1n[nH]c2ccc(-c3cncc(CN4CCCCC4)c3)cc12.